The monoisotopic (exact) mass is 961 g/mol. The summed E-state index contributed by atoms with van der Waals surface area (Å²) in [4.78, 5) is 7.99. The van der Waals surface area contributed by atoms with Crippen molar-refractivity contribution < 1.29 is 4.42 Å². The number of nitrogens with zero attached hydrogens (tertiary/aromatic N) is 3. The molecule has 1 aliphatic carbocycles. The van der Waals surface area contributed by atoms with Crippen LogP contribution < -0.4 is 31.1 Å². The largest absolute Gasteiger partial charge is 0.456 e. The number of hydrogen-bond acceptors (Lipinski definition) is 5. The van der Waals surface area contributed by atoms with Crippen LogP contribution in [0, 0.1) is 6.92 Å². The molecule has 0 amide bonds. The molecule has 0 saturated heterocycles. The van der Waals surface area contributed by atoms with Crippen LogP contribution in [0.15, 0.2) is 186 Å². The van der Waals surface area contributed by atoms with Gasteiger partial charge in [-0.1, -0.05) is 150 Å². The number of furan rings is 1. The van der Waals surface area contributed by atoms with Crippen LogP contribution >= 0.6 is 11.3 Å². The number of thiophene rings is 1. The minimum absolute atomic E-state index is 0.00405. The van der Waals surface area contributed by atoms with Crippen molar-refractivity contribution in [2.24, 2.45) is 0 Å². The number of hydrogen-bond donors (Lipinski definition) is 0. The molecule has 0 radical (unpaired) electrons. The van der Waals surface area contributed by atoms with Gasteiger partial charge in [0, 0.05) is 71.5 Å². The van der Waals surface area contributed by atoms with Crippen molar-refractivity contribution in [2.45, 2.75) is 83.6 Å². The van der Waals surface area contributed by atoms with E-state index in [1.807, 2.05) is 11.3 Å². The van der Waals surface area contributed by atoms with Gasteiger partial charge in [0.15, 0.2) is 0 Å². The average Bonchev–Trinajstić information content (AvgIpc) is 4.04. The van der Waals surface area contributed by atoms with E-state index in [1.165, 1.54) is 123 Å². The second kappa shape index (κ2) is 15.3. The van der Waals surface area contributed by atoms with Crippen molar-refractivity contribution in [3.63, 3.8) is 0 Å². The SMILES string of the molecule is Cc1cc2c3c(c1)N(c1cccc4c1sc1ccccc14)c1cc(N4c5ccc(C(C)(C)C)cc5C5(C)CCCCC45C)ccc1B3c1cc(-c3ccccc3)ccc1N2c1ccc2oc3ccccc3c2c1. The Morgan fingerprint density at radius 2 is 1.25 bits per heavy atom. The zero-order valence-corrected chi connectivity index (χ0v) is 43.2. The van der Waals surface area contributed by atoms with Crippen LogP contribution in [0.25, 0.3) is 53.2 Å². The highest BCUT2D eigenvalue weighted by molar-refractivity contribution is 7.26. The van der Waals surface area contributed by atoms with E-state index in [0.717, 1.165) is 34.0 Å². The Hall–Kier alpha value is -7.54. The lowest BCUT2D eigenvalue weighted by Crippen LogP contribution is -2.61. The third-order valence-electron chi connectivity index (χ3n) is 17.8. The van der Waals surface area contributed by atoms with Gasteiger partial charge in [-0.25, -0.2) is 0 Å². The molecule has 4 nitrogen and oxygen atoms in total. The van der Waals surface area contributed by atoms with Gasteiger partial charge in [0.25, 0.3) is 6.71 Å². The fourth-order valence-electron chi connectivity index (χ4n) is 14.0. The van der Waals surface area contributed by atoms with Crippen molar-refractivity contribution in [2.75, 3.05) is 14.7 Å². The first kappa shape index (κ1) is 43.1. The van der Waals surface area contributed by atoms with Crippen LogP contribution in [0.3, 0.4) is 0 Å². The number of para-hydroxylation sites is 1. The lowest BCUT2D eigenvalue weighted by atomic mass is 9.33. The smallest absolute Gasteiger partial charge is 0.252 e. The summed E-state index contributed by atoms with van der Waals surface area (Å²) in [5, 5.41) is 4.86. The van der Waals surface area contributed by atoms with Crippen molar-refractivity contribution in [1.29, 1.82) is 0 Å². The first-order chi connectivity index (χ1) is 35.5. The zero-order valence-electron chi connectivity index (χ0n) is 42.4. The quantitative estimate of drug-likeness (QED) is 0.164. The van der Waals surface area contributed by atoms with Crippen LogP contribution in [0.2, 0.25) is 0 Å². The number of fused-ring (bicyclic) bond motifs is 13. The van der Waals surface area contributed by atoms with Gasteiger partial charge in [-0.3, -0.25) is 0 Å². The molecule has 3 aliphatic heterocycles. The normalized spacial score (nSPS) is 18.9. The van der Waals surface area contributed by atoms with Crippen LogP contribution in [0.1, 0.15) is 77.0 Å². The van der Waals surface area contributed by atoms with E-state index in [9.17, 15) is 0 Å². The van der Waals surface area contributed by atoms with Gasteiger partial charge >= 0.3 is 0 Å². The zero-order chi connectivity index (χ0) is 49.1. The van der Waals surface area contributed by atoms with E-state index in [-0.39, 0.29) is 23.1 Å². The standard InChI is InChI=1S/C67H56BN3OS/c1-41-35-58-63-59(36-41)70(56-22-16-21-49-48-20-11-13-24-62(48)73-64(49)56)57-40-46(71-54-31-26-44(65(2,3)4)38-51(54)66(5)33-14-15-34-67(66,71)6)27-29-52(57)68(63)53-37-43(42-17-8-7-9-18-42)25-30-55(53)69(58)45-28-32-61-50(39-45)47-19-10-12-23-60(47)72-61/h7-13,16-32,35-40H,14-15,33-34H2,1-6H3. The topological polar surface area (TPSA) is 22.9 Å². The molecule has 15 rings (SSSR count). The van der Waals surface area contributed by atoms with E-state index < -0.39 is 0 Å². The number of aryl methyl sites for hydroxylation is 1. The van der Waals surface area contributed by atoms with Gasteiger partial charge < -0.3 is 19.1 Å². The number of rotatable bonds is 4. The Bertz CT molecular complexity index is 4130. The van der Waals surface area contributed by atoms with Gasteiger partial charge in [0.2, 0.25) is 0 Å². The molecule has 5 heterocycles. The molecule has 2 unspecified atom stereocenters. The highest BCUT2D eigenvalue weighted by Gasteiger charge is 2.58. The van der Waals surface area contributed by atoms with Gasteiger partial charge in [0.05, 0.1) is 15.9 Å². The maximum atomic E-state index is 6.44. The maximum Gasteiger partial charge on any atom is 0.252 e. The Labute approximate surface area is 432 Å². The minimum atomic E-state index is -0.102. The van der Waals surface area contributed by atoms with Gasteiger partial charge in [-0.15, -0.1) is 11.3 Å². The van der Waals surface area contributed by atoms with Gasteiger partial charge in [0.1, 0.15) is 11.2 Å². The van der Waals surface area contributed by atoms with Crippen LogP contribution in [-0.2, 0) is 10.8 Å². The molecule has 1 fully saturated rings. The average molecular weight is 962 g/mol. The molecule has 9 aromatic carbocycles. The Morgan fingerprint density at radius 3 is 2.10 bits per heavy atom. The minimum Gasteiger partial charge on any atom is -0.456 e. The lowest BCUT2D eigenvalue weighted by Gasteiger charge is -2.50. The third kappa shape index (κ3) is 6.02. The highest BCUT2D eigenvalue weighted by atomic mass is 32.1. The molecule has 0 spiro atoms. The highest BCUT2D eigenvalue weighted by Crippen LogP contribution is 2.62. The molecule has 0 N–H and O–H groups in total. The summed E-state index contributed by atoms with van der Waals surface area (Å²) in [6.45, 7) is 14.5. The lowest BCUT2D eigenvalue weighted by molar-refractivity contribution is 0.195. The molecule has 6 heteroatoms. The number of benzene rings is 9. The summed E-state index contributed by atoms with van der Waals surface area (Å²) < 4.78 is 9.05. The maximum absolute atomic E-state index is 6.44. The van der Waals surface area contributed by atoms with E-state index in [0.29, 0.717) is 0 Å². The predicted octanol–water partition coefficient (Wildman–Crippen LogP) is 17.1. The van der Waals surface area contributed by atoms with E-state index in [4.69, 9.17) is 4.42 Å². The van der Waals surface area contributed by atoms with Crippen molar-refractivity contribution in [1.82, 2.24) is 0 Å². The molecule has 1 saturated carbocycles. The van der Waals surface area contributed by atoms with Crippen LogP contribution in [0.5, 0.6) is 0 Å². The predicted molar refractivity (Wildman–Crippen MR) is 312 cm³/mol. The molecular formula is C67H56BN3OS. The Morgan fingerprint density at radius 1 is 0.521 bits per heavy atom. The Kier molecular flexibility index (Phi) is 9.00. The number of anilines is 8. The van der Waals surface area contributed by atoms with Gasteiger partial charge in [-0.2, -0.15) is 0 Å². The molecule has 73 heavy (non-hydrogen) atoms. The first-order valence-corrected chi connectivity index (χ1v) is 27.1. The second-order valence-corrected chi connectivity index (χ2v) is 23.9. The fourth-order valence-corrected chi connectivity index (χ4v) is 15.2. The van der Waals surface area contributed by atoms with E-state index >= 15 is 0 Å². The van der Waals surface area contributed by atoms with E-state index in [1.54, 1.807) is 0 Å². The second-order valence-electron chi connectivity index (χ2n) is 22.9. The van der Waals surface area contributed by atoms with Gasteiger partial charge in [-0.05, 0) is 149 Å². The Balaban J connectivity index is 1.02. The summed E-state index contributed by atoms with van der Waals surface area (Å²) in [5.41, 5.74) is 22.1. The molecular weight excluding hydrogens is 906 g/mol. The van der Waals surface area contributed by atoms with Crippen LogP contribution in [-0.4, -0.2) is 12.3 Å². The van der Waals surface area contributed by atoms with Crippen molar-refractivity contribution in [3.05, 3.63) is 199 Å². The first-order valence-electron chi connectivity index (χ1n) is 26.3. The molecule has 11 aromatic rings. The summed E-state index contributed by atoms with van der Waals surface area (Å²) in [5.74, 6) is 0. The van der Waals surface area contributed by atoms with E-state index in [2.05, 4.69) is 238 Å². The fraction of sp³-hybridized carbons (Fsp3) is 0.194. The summed E-state index contributed by atoms with van der Waals surface area (Å²) in [6.07, 6.45) is 4.81. The summed E-state index contributed by atoms with van der Waals surface area (Å²) >= 11 is 1.91. The summed E-state index contributed by atoms with van der Waals surface area (Å²) in [7, 11) is 0. The van der Waals surface area contributed by atoms with Crippen molar-refractivity contribution >= 4 is 122 Å². The molecule has 0 bridgehead atoms. The van der Waals surface area contributed by atoms with Crippen LogP contribution in [0.4, 0.5) is 45.5 Å². The van der Waals surface area contributed by atoms with Crippen molar-refractivity contribution in [3.8, 4) is 11.1 Å². The summed E-state index contributed by atoms with van der Waals surface area (Å²) in [6, 6.07) is 69.2. The third-order valence-corrected chi connectivity index (χ3v) is 19.0. The molecule has 354 valence electrons. The molecule has 2 atom stereocenters. The molecule has 4 aliphatic rings. The molecule has 2 aromatic heterocycles.